The Labute approximate surface area is 128 Å². The first-order chi connectivity index (χ1) is 9.58. The Kier molecular flexibility index (Phi) is 5.43. The van der Waals surface area contributed by atoms with Crippen molar-refractivity contribution in [1.82, 2.24) is 4.90 Å². The van der Waals surface area contributed by atoms with Gasteiger partial charge in [0.05, 0.1) is 12.2 Å². The number of hydrogen-bond donors (Lipinski definition) is 2. The Hall–Kier alpha value is -1.07. The molecule has 110 valence electrons. The van der Waals surface area contributed by atoms with E-state index in [-0.39, 0.29) is 5.91 Å². The van der Waals surface area contributed by atoms with Gasteiger partial charge in [0.25, 0.3) is 0 Å². The lowest BCUT2D eigenvalue weighted by molar-refractivity contribution is -0.117. The largest absolute Gasteiger partial charge is 0.399 e. The van der Waals surface area contributed by atoms with Crippen molar-refractivity contribution in [1.29, 1.82) is 0 Å². The van der Waals surface area contributed by atoms with Crippen molar-refractivity contribution in [3.05, 3.63) is 22.7 Å². The molecular weight excluding hydrogens is 318 g/mol. The minimum atomic E-state index is 0.0345. The quantitative estimate of drug-likeness (QED) is 0.828. The molecule has 0 bridgehead atoms. The number of halogens is 1. The summed E-state index contributed by atoms with van der Waals surface area (Å²) < 4.78 is 0.816. The van der Waals surface area contributed by atoms with Crippen LogP contribution < -0.4 is 11.1 Å². The molecule has 1 aromatic carbocycles. The molecule has 1 unspecified atom stereocenters. The van der Waals surface area contributed by atoms with Gasteiger partial charge in [-0.2, -0.15) is 0 Å². The first-order valence-electron chi connectivity index (χ1n) is 7.15. The predicted molar refractivity (Wildman–Crippen MR) is 86.6 cm³/mol. The summed E-state index contributed by atoms with van der Waals surface area (Å²) in [5.41, 5.74) is 7.14. The standard InChI is InChI=1S/C15H22BrN3O/c1-2-11-4-3-7-19(9-11)10-15(20)18-14-6-5-12(17)8-13(14)16/h5-6,8,11H,2-4,7,9-10,17H2,1H3,(H,18,20). The third kappa shape index (κ3) is 4.21. The Morgan fingerprint density at radius 2 is 2.35 bits per heavy atom. The lowest BCUT2D eigenvalue weighted by atomic mass is 9.96. The van der Waals surface area contributed by atoms with Gasteiger partial charge in [-0.1, -0.05) is 13.3 Å². The van der Waals surface area contributed by atoms with Gasteiger partial charge in [-0.25, -0.2) is 0 Å². The number of nitrogens with one attached hydrogen (secondary N) is 1. The SMILES string of the molecule is CCC1CCCN(CC(=O)Nc2ccc(N)cc2Br)C1. The highest BCUT2D eigenvalue weighted by Crippen LogP contribution is 2.25. The van der Waals surface area contributed by atoms with Crippen LogP contribution in [0, 0.1) is 5.92 Å². The third-order valence-electron chi connectivity index (χ3n) is 3.81. The number of amides is 1. The number of carbonyl (C=O) groups is 1. The van der Waals surface area contributed by atoms with Gasteiger partial charge in [-0.05, 0) is 59.4 Å². The molecule has 0 saturated carbocycles. The number of carbonyl (C=O) groups excluding carboxylic acids is 1. The third-order valence-corrected chi connectivity index (χ3v) is 4.47. The number of nitrogens with zero attached hydrogens (tertiary/aromatic N) is 1. The zero-order chi connectivity index (χ0) is 14.5. The molecule has 1 amide bonds. The van der Waals surface area contributed by atoms with E-state index in [0.29, 0.717) is 12.2 Å². The summed E-state index contributed by atoms with van der Waals surface area (Å²) in [6.45, 7) is 4.74. The maximum absolute atomic E-state index is 12.1. The molecule has 4 nitrogen and oxygen atoms in total. The van der Waals surface area contributed by atoms with Crippen LogP contribution in [0.4, 0.5) is 11.4 Å². The van der Waals surface area contributed by atoms with Crippen molar-refractivity contribution in [2.75, 3.05) is 30.7 Å². The molecule has 1 fully saturated rings. The van der Waals surface area contributed by atoms with Crippen molar-refractivity contribution >= 4 is 33.2 Å². The van der Waals surface area contributed by atoms with Crippen molar-refractivity contribution in [3.63, 3.8) is 0 Å². The number of nitrogen functional groups attached to an aromatic ring is 1. The van der Waals surface area contributed by atoms with Gasteiger partial charge in [0, 0.05) is 16.7 Å². The highest BCUT2D eigenvalue weighted by atomic mass is 79.9. The zero-order valence-corrected chi connectivity index (χ0v) is 13.4. The highest BCUT2D eigenvalue weighted by molar-refractivity contribution is 9.10. The van der Waals surface area contributed by atoms with Crippen LogP contribution in [0.3, 0.4) is 0 Å². The van der Waals surface area contributed by atoms with E-state index in [0.717, 1.165) is 29.2 Å². The highest BCUT2D eigenvalue weighted by Gasteiger charge is 2.20. The van der Waals surface area contributed by atoms with E-state index in [4.69, 9.17) is 5.73 Å². The predicted octanol–water partition coefficient (Wildman–Crippen LogP) is 3.09. The topological polar surface area (TPSA) is 58.4 Å². The Morgan fingerprint density at radius 1 is 1.55 bits per heavy atom. The summed E-state index contributed by atoms with van der Waals surface area (Å²) in [6.07, 6.45) is 3.68. The van der Waals surface area contributed by atoms with Gasteiger partial charge in [-0.15, -0.1) is 0 Å². The minimum Gasteiger partial charge on any atom is -0.399 e. The van der Waals surface area contributed by atoms with E-state index in [1.54, 1.807) is 12.1 Å². The van der Waals surface area contributed by atoms with Crippen LogP contribution in [-0.2, 0) is 4.79 Å². The molecule has 1 atom stereocenters. The van der Waals surface area contributed by atoms with Crippen molar-refractivity contribution in [2.45, 2.75) is 26.2 Å². The molecule has 1 aliphatic rings. The monoisotopic (exact) mass is 339 g/mol. The molecule has 2 rings (SSSR count). The molecule has 1 aliphatic heterocycles. The Balaban J connectivity index is 1.88. The average molecular weight is 340 g/mol. The number of piperidine rings is 1. The van der Waals surface area contributed by atoms with Crippen LogP contribution in [0.15, 0.2) is 22.7 Å². The van der Waals surface area contributed by atoms with E-state index in [9.17, 15) is 4.79 Å². The fourth-order valence-electron chi connectivity index (χ4n) is 2.65. The summed E-state index contributed by atoms with van der Waals surface area (Å²) in [7, 11) is 0. The molecule has 1 saturated heterocycles. The second kappa shape index (κ2) is 7.09. The number of hydrogen-bond acceptors (Lipinski definition) is 3. The summed E-state index contributed by atoms with van der Waals surface area (Å²) in [5.74, 6) is 0.770. The molecule has 20 heavy (non-hydrogen) atoms. The van der Waals surface area contributed by atoms with Crippen LogP contribution in [0.2, 0.25) is 0 Å². The molecule has 0 radical (unpaired) electrons. The van der Waals surface area contributed by atoms with E-state index in [1.165, 1.54) is 19.3 Å². The summed E-state index contributed by atoms with van der Waals surface area (Å²) in [5, 5.41) is 2.93. The van der Waals surface area contributed by atoms with E-state index in [1.807, 2.05) is 6.07 Å². The van der Waals surface area contributed by atoms with Gasteiger partial charge in [-0.3, -0.25) is 9.69 Å². The normalized spacial score (nSPS) is 19.8. The Bertz CT molecular complexity index is 478. The van der Waals surface area contributed by atoms with Gasteiger partial charge in [0.2, 0.25) is 5.91 Å². The lowest BCUT2D eigenvalue weighted by Crippen LogP contribution is -2.40. The molecule has 1 heterocycles. The van der Waals surface area contributed by atoms with Crippen molar-refractivity contribution in [3.8, 4) is 0 Å². The van der Waals surface area contributed by atoms with Crippen LogP contribution in [0.5, 0.6) is 0 Å². The second-order valence-electron chi connectivity index (χ2n) is 5.44. The van der Waals surface area contributed by atoms with Crippen LogP contribution >= 0.6 is 15.9 Å². The smallest absolute Gasteiger partial charge is 0.238 e. The van der Waals surface area contributed by atoms with Crippen molar-refractivity contribution in [2.24, 2.45) is 5.92 Å². The molecular formula is C15H22BrN3O. The second-order valence-corrected chi connectivity index (χ2v) is 6.29. The average Bonchev–Trinajstić information content (AvgIpc) is 2.42. The molecule has 0 aliphatic carbocycles. The van der Waals surface area contributed by atoms with Gasteiger partial charge < -0.3 is 11.1 Å². The minimum absolute atomic E-state index is 0.0345. The lowest BCUT2D eigenvalue weighted by Gasteiger charge is -2.31. The molecule has 0 aromatic heterocycles. The molecule has 3 N–H and O–H groups in total. The first-order valence-corrected chi connectivity index (χ1v) is 7.95. The fourth-order valence-corrected chi connectivity index (χ4v) is 3.15. The Morgan fingerprint density at radius 3 is 3.05 bits per heavy atom. The van der Waals surface area contributed by atoms with E-state index in [2.05, 4.69) is 33.1 Å². The van der Waals surface area contributed by atoms with Gasteiger partial charge in [0.15, 0.2) is 0 Å². The number of benzene rings is 1. The van der Waals surface area contributed by atoms with Crippen molar-refractivity contribution < 1.29 is 4.79 Å². The summed E-state index contributed by atoms with van der Waals surface area (Å²) in [6, 6.07) is 5.40. The van der Waals surface area contributed by atoms with E-state index < -0.39 is 0 Å². The number of rotatable bonds is 4. The first kappa shape index (κ1) is 15.3. The number of likely N-dealkylation sites (tertiary alicyclic amines) is 1. The maximum atomic E-state index is 12.1. The number of nitrogens with two attached hydrogens (primary N) is 1. The van der Waals surface area contributed by atoms with Crippen LogP contribution in [0.1, 0.15) is 26.2 Å². The van der Waals surface area contributed by atoms with Crippen LogP contribution in [0.25, 0.3) is 0 Å². The molecule has 1 aromatic rings. The maximum Gasteiger partial charge on any atom is 0.238 e. The zero-order valence-electron chi connectivity index (χ0n) is 11.9. The van der Waals surface area contributed by atoms with E-state index >= 15 is 0 Å². The van der Waals surface area contributed by atoms with Gasteiger partial charge in [0.1, 0.15) is 0 Å². The summed E-state index contributed by atoms with van der Waals surface area (Å²) >= 11 is 3.41. The number of anilines is 2. The fraction of sp³-hybridized carbons (Fsp3) is 0.533. The molecule has 5 heteroatoms. The van der Waals surface area contributed by atoms with Gasteiger partial charge >= 0.3 is 0 Å². The summed E-state index contributed by atoms with van der Waals surface area (Å²) in [4.78, 5) is 14.4. The van der Waals surface area contributed by atoms with Crippen LogP contribution in [-0.4, -0.2) is 30.4 Å². The molecule has 0 spiro atoms.